The molecule has 0 aromatic carbocycles. The second kappa shape index (κ2) is 14.0. The van der Waals surface area contributed by atoms with Crippen molar-refractivity contribution in [3.05, 3.63) is 0 Å². The van der Waals surface area contributed by atoms with E-state index in [-0.39, 0.29) is 6.29 Å². The summed E-state index contributed by atoms with van der Waals surface area (Å²) in [4.78, 5) is 0. The van der Waals surface area contributed by atoms with Crippen molar-refractivity contribution in [1.29, 1.82) is 0 Å². The minimum atomic E-state index is -0.937. The van der Waals surface area contributed by atoms with Gasteiger partial charge in [0.1, 0.15) is 0 Å². The third-order valence-electron chi connectivity index (χ3n) is 3.96. The van der Waals surface area contributed by atoms with Gasteiger partial charge in [0.15, 0.2) is 12.5 Å². The predicted molar refractivity (Wildman–Crippen MR) is 89.4 cm³/mol. The first-order valence-electron chi connectivity index (χ1n) is 9.18. The highest BCUT2D eigenvalue weighted by Crippen LogP contribution is 2.14. The summed E-state index contributed by atoms with van der Waals surface area (Å²) in [5, 5.41) is 0. The number of ether oxygens (including phenoxy) is 2. The Hall–Kier alpha value is -0.590. The maximum atomic E-state index is 13.5. The number of hydrogen-bond acceptors (Lipinski definition) is 2. The molecule has 2 nitrogen and oxygen atoms in total. The van der Waals surface area contributed by atoms with E-state index >= 15 is 0 Å². The molecule has 3 heteroatoms. The molecular formula is C19H33FO2. The Bertz CT molecular complexity index is 302. The van der Waals surface area contributed by atoms with E-state index in [1.165, 1.54) is 25.7 Å². The maximum absolute atomic E-state index is 13.5. The first-order valence-corrected chi connectivity index (χ1v) is 9.18. The Morgan fingerprint density at radius 3 is 2.77 bits per heavy atom. The summed E-state index contributed by atoms with van der Waals surface area (Å²) >= 11 is 0. The lowest BCUT2D eigenvalue weighted by atomic mass is 10.1. The molecule has 0 spiro atoms. The first-order chi connectivity index (χ1) is 10.8. The zero-order valence-electron chi connectivity index (χ0n) is 14.2. The molecule has 1 heterocycles. The molecule has 2 unspecified atom stereocenters. The summed E-state index contributed by atoms with van der Waals surface area (Å²) in [7, 11) is 0. The molecule has 0 saturated carbocycles. The molecule has 128 valence electrons. The van der Waals surface area contributed by atoms with Crippen molar-refractivity contribution in [2.24, 2.45) is 0 Å². The summed E-state index contributed by atoms with van der Waals surface area (Å²) < 4.78 is 24.7. The topological polar surface area (TPSA) is 18.5 Å². The summed E-state index contributed by atoms with van der Waals surface area (Å²) in [6.07, 6.45) is 11.6. The van der Waals surface area contributed by atoms with E-state index in [1.807, 2.05) is 0 Å². The van der Waals surface area contributed by atoms with E-state index in [2.05, 4.69) is 18.8 Å². The summed E-state index contributed by atoms with van der Waals surface area (Å²) in [6, 6.07) is 0. The number of hydrogen-bond donors (Lipinski definition) is 0. The molecule has 0 N–H and O–H groups in total. The highest BCUT2D eigenvalue weighted by atomic mass is 19.1. The molecule has 0 amide bonds. The van der Waals surface area contributed by atoms with Gasteiger partial charge in [0, 0.05) is 19.6 Å². The fourth-order valence-electron chi connectivity index (χ4n) is 2.56. The molecule has 1 rings (SSSR count). The Balaban J connectivity index is 1.88. The molecule has 0 aromatic heterocycles. The van der Waals surface area contributed by atoms with Gasteiger partial charge in [-0.2, -0.15) is 0 Å². The highest BCUT2D eigenvalue weighted by Gasteiger charge is 2.13. The Morgan fingerprint density at radius 1 is 1.14 bits per heavy atom. The average Bonchev–Trinajstić information content (AvgIpc) is 2.55. The van der Waals surface area contributed by atoms with Gasteiger partial charge in [-0.1, -0.05) is 38.5 Å². The van der Waals surface area contributed by atoms with Crippen LogP contribution in [0.1, 0.15) is 84.0 Å². The van der Waals surface area contributed by atoms with Crippen LogP contribution in [-0.4, -0.2) is 25.7 Å². The molecule has 1 aliphatic rings. The van der Waals surface area contributed by atoms with Crippen molar-refractivity contribution in [2.45, 2.75) is 96.4 Å². The molecule has 22 heavy (non-hydrogen) atoms. The Labute approximate surface area is 136 Å². The van der Waals surface area contributed by atoms with Crippen LogP contribution in [0.15, 0.2) is 0 Å². The quantitative estimate of drug-likeness (QED) is 0.375. The van der Waals surface area contributed by atoms with Crippen LogP contribution in [0.5, 0.6) is 0 Å². The second-order valence-electron chi connectivity index (χ2n) is 6.12. The lowest BCUT2D eigenvalue weighted by Crippen LogP contribution is -2.22. The van der Waals surface area contributed by atoms with Crippen molar-refractivity contribution < 1.29 is 13.9 Å². The Kier molecular flexibility index (Phi) is 12.4. The average molecular weight is 312 g/mol. The number of alkyl halides is 1. The maximum Gasteiger partial charge on any atom is 0.160 e. The monoisotopic (exact) mass is 312 g/mol. The third-order valence-corrected chi connectivity index (χ3v) is 3.96. The standard InChI is InChI=1S/C19H33FO2/c1-2-3-4-5-8-13-18(20)14-9-6-7-11-16-21-19-15-10-12-17-22-19/h18-19H,2-8,10-13,15-17H2,1H3. The van der Waals surface area contributed by atoms with Crippen LogP contribution in [0, 0.1) is 11.8 Å². The van der Waals surface area contributed by atoms with E-state index < -0.39 is 6.17 Å². The minimum absolute atomic E-state index is 0.00256. The molecular weight excluding hydrogens is 279 g/mol. The molecule has 0 bridgehead atoms. The lowest BCUT2D eigenvalue weighted by molar-refractivity contribution is -0.162. The fraction of sp³-hybridized carbons (Fsp3) is 0.895. The summed E-state index contributed by atoms with van der Waals surface area (Å²) in [5.74, 6) is 5.70. The zero-order valence-corrected chi connectivity index (χ0v) is 14.2. The second-order valence-corrected chi connectivity index (χ2v) is 6.12. The van der Waals surface area contributed by atoms with Crippen LogP contribution in [0.2, 0.25) is 0 Å². The smallest absolute Gasteiger partial charge is 0.160 e. The molecule has 1 fully saturated rings. The molecule has 1 saturated heterocycles. The van der Waals surface area contributed by atoms with E-state index in [1.54, 1.807) is 0 Å². The number of unbranched alkanes of at least 4 members (excludes halogenated alkanes) is 6. The SMILES string of the molecule is CCCCCCCC(F)C#CCCCCOC1CCCCO1. The van der Waals surface area contributed by atoms with Crippen LogP contribution in [-0.2, 0) is 9.47 Å². The van der Waals surface area contributed by atoms with Crippen LogP contribution in [0.4, 0.5) is 4.39 Å². The molecule has 1 aliphatic heterocycles. The van der Waals surface area contributed by atoms with Crippen molar-refractivity contribution in [3.8, 4) is 11.8 Å². The van der Waals surface area contributed by atoms with E-state index in [0.717, 1.165) is 58.2 Å². The highest BCUT2D eigenvalue weighted by molar-refractivity contribution is 5.04. The van der Waals surface area contributed by atoms with Crippen LogP contribution in [0.25, 0.3) is 0 Å². The van der Waals surface area contributed by atoms with E-state index in [0.29, 0.717) is 6.42 Å². The molecule has 0 aromatic rings. The van der Waals surface area contributed by atoms with Gasteiger partial charge in [0.25, 0.3) is 0 Å². The van der Waals surface area contributed by atoms with E-state index in [9.17, 15) is 4.39 Å². The van der Waals surface area contributed by atoms with Gasteiger partial charge in [0.2, 0.25) is 0 Å². The van der Waals surface area contributed by atoms with Gasteiger partial charge in [-0.25, -0.2) is 4.39 Å². The van der Waals surface area contributed by atoms with Gasteiger partial charge >= 0.3 is 0 Å². The van der Waals surface area contributed by atoms with Gasteiger partial charge in [0.05, 0.1) is 0 Å². The normalized spacial score (nSPS) is 19.5. The fourth-order valence-corrected chi connectivity index (χ4v) is 2.56. The minimum Gasteiger partial charge on any atom is -0.353 e. The van der Waals surface area contributed by atoms with Gasteiger partial charge in [-0.05, 0) is 44.9 Å². The van der Waals surface area contributed by atoms with Gasteiger partial charge < -0.3 is 9.47 Å². The summed E-state index contributed by atoms with van der Waals surface area (Å²) in [6.45, 7) is 3.74. The van der Waals surface area contributed by atoms with Gasteiger partial charge in [-0.3, -0.25) is 0 Å². The predicted octanol–water partition coefficient (Wildman–Crippen LogP) is 5.40. The van der Waals surface area contributed by atoms with Crippen molar-refractivity contribution >= 4 is 0 Å². The largest absolute Gasteiger partial charge is 0.353 e. The summed E-state index contributed by atoms with van der Waals surface area (Å²) in [5.41, 5.74) is 0. The lowest BCUT2D eigenvalue weighted by Gasteiger charge is -2.22. The van der Waals surface area contributed by atoms with Crippen LogP contribution >= 0.6 is 0 Å². The molecule has 0 aliphatic carbocycles. The molecule has 0 radical (unpaired) electrons. The third kappa shape index (κ3) is 11.0. The molecule has 2 atom stereocenters. The van der Waals surface area contributed by atoms with Crippen molar-refractivity contribution in [2.75, 3.05) is 13.2 Å². The Morgan fingerprint density at radius 2 is 2.00 bits per heavy atom. The van der Waals surface area contributed by atoms with Gasteiger partial charge in [-0.15, -0.1) is 5.92 Å². The van der Waals surface area contributed by atoms with Crippen molar-refractivity contribution in [3.63, 3.8) is 0 Å². The van der Waals surface area contributed by atoms with E-state index in [4.69, 9.17) is 9.47 Å². The van der Waals surface area contributed by atoms with Crippen LogP contribution in [0.3, 0.4) is 0 Å². The van der Waals surface area contributed by atoms with Crippen molar-refractivity contribution in [1.82, 2.24) is 0 Å². The van der Waals surface area contributed by atoms with Crippen LogP contribution < -0.4 is 0 Å². The number of rotatable bonds is 11. The number of halogens is 1. The zero-order chi connectivity index (χ0) is 15.9. The first kappa shape index (κ1) is 19.5.